The van der Waals surface area contributed by atoms with Gasteiger partial charge in [0.15, 0.2) is 0 Å². The molecule has 1 aromatic rings. The van der Waals surface area contributed by atoms with Crippen molar-refractivity contribution >= 4 is 28.8 Å². The lowest BCUT2D eigenvalue weighted by molar-refractivity contribution is 1.52. The minimum atomic E-state index is 0.283. The lowest BCUT2D eigenvalue weighted by atomic mass is 10.1. The molecule has 0 radical (unpaired) electrons. The van der Waals surface area contributed by atoms with Crippen molar-refractivity contribution in [1.29, 1.82) is 5.26 Å². The standard InChI is InChI=1S/C9H5Cl2N/c1-6(5-12)9-7(10)3-2-4-8(9)11/h2-4H,1H2. The third-order valence-corrected chi connectivity index (χ3v) is 2.03. The van der Waals surface area contributed by atoms with Gasteiger partial charge in [0.05, 0.1) is 21.7 Å². The number of hydrogen-bond donors (Lipinski definition) is 0. The van der Waals surface area contributed by atoms with Crippen molar-refractivity contribution in [2.75, 3.05) is 0 Å². The highest BCUT2D eigenvalue weighted by atomic mass is 35.5. The normalized spacial score (nSPS) is 9.08. The molecular formula is C9H5Cl2N. The zero-order chi connectivity index (χ0) is 9.14. The summed E-state index contributed by atoms with van der Waals surface area (Å²) in [6.45, 7) is 3.54. The zero-order valence-corrected chi connectivity index (χ0v) is 7.65. The summed E-state index contributed by atoms with van der Waals surface area (Å²) >= 11 is 11.6. The maximum absolute atomic E-state index is 8.57. The van der Waals surface area contributed by atoms with Gasteiger partial charge in [-0.05, 0) is 12.1 Å². The molecule has 0 bridgehead atoms. The molecule has 0 fully saturated rings. The van der Waals surface area contributed by atoms with Gasteiger partial charge in [0, 0.05) is 5.56 Å². The van der Waals surface area contributed by atoms with E-state index >= 15 is 0 Å². The van der Waals surface area contributed by atoms with Crippen molar-refractivity contribution in [2.45, 2.75) is 0 Å². The predicted octanol–water partition coefficient (Wildman–Crippen LogP) is 3.53. The Bertz CT molecular complexity index is 343. The van der Waals surface area contributed by atoms with Gasteiger partial charge < -0.3 is 0 Å². The highest BCUT2D eigenvalue weighted by Gasteiger charge is 2.07. The molecule has 0 aliphatic rings. The molecule has 0 aliphatic carbocycles. The van der Waals surface area contributed by atoms with Crippen molar-refractivity contribution < 1.29 is 0 Å². The number of nitriles is 1. The Labute approximate surface area is 80.8 Å². The van der Waals surface area contributed by atoms with E-state index in [1.54, 1.807) is 18.2 Å². The molecule has 0 spiro atoms. The van der Waals surface area contributed by atoms with Gasteiger partial charge in [-0.25, -0.2) is 0 Å². The zero-order valence-electron chi connectivity index (χ0n) is 6.14. The molecule has 0 amide bonds. The summed E-state index contributed by atoms with van der Waals surface area (Å²) in [5, 5.41) is 9.48. The second-order valence-electron chi connectivity index (χ2n) is 2.19. The van der Waals surface area contributed by atoms with Gasteiger partial charge in [0.25, 0.3) is 0 Å². The maximum Gasteiger partial charge on any atom is 0.0992 e. The van der Waals surface area contributed by atoms with Gasteiger partial charge in [-0.2, -0.15) is 5.26 Å². The molecule has 0 aliphatic heterocycles. The minimum absolute atomic E-state index is 0.283. The predicted molar refractivity (Wildman–Crippen MR) is 51.1 cm³/mol. The summed E-state index contributed by atoms with van der Waals surface area (Å²) in [6.07, 6.45) is 0. The first kappa shape index (κ1) is 9.12. The molecule has 0 saturated carbocycles. The van der Waals surface area contributed by atoms with Crippen molar-refractivity contribution in [2.24, 2.45) is 0 Å². The number of benzene rings is 1. The van der Waals surface area contributed by atoms with Crippen LogP contribution < -0.4 is 0 Å². The Morgan fingerprint density at radius 1 is 1.33 bits per heavy atom. The molecule has 0 heterocycles. The minimum Gasteiger partial charge on any atom is -0.192 e. The lowest BCUT2D eigenvalue weighted by Gasteiger charge is -2.02. The fourth-order valence-corrected chi connectivity index (χ4v) is 1.47. The van der Waals surface area contributed by atoms with E-state index in [1.165, 1.54) is 0 Å². The molecule has 0 N–H and O–H groups in total. The lowest BCUT2D eigenvalue weighted by Crippen LogP contribution is -1.82. The van der Waals surface area contributed by atoms with Gasteiger partial charge >= 0.3 is 0 Å². The van der Waals surface area contributed by atoms with Crippen molar-refractivity contribution in [3.05, 3.63) is 40.4 Å². The number of allylic oxidation sites excluding steroid dienone is 1. The summed E-state index contributed by atoms with van der Waals surface area (Å²) in [5.74, 6) is 0. The first-order valence-corrected chi connectivity index (χ1v) is 3.96. The highest BCUT2D eigenvalue weighted by Crippen LogP contribution is 2.29. The van der Waals surface area contributed by atoms with E-state index in [-0.39, 0.29) is 5.57 Å². The van der Waals surface area contributed by atoms with Crippen molar-refractivity contribution in [3.8, 4) is 6.07 Å². The number of nitrogens with zero attached hydrogens (tertiary/aromatic N) is 1. The average Bonchev–Trinajstić information content (AvgIpc) is 2.03. The maximum atomic E-state index is 8.57. The fourth-order valence-electron chi connectivity index (χ4n) is 0.842. The fraction of sp³-hybridized carbons (Fsp3) is 0. The third-order valence-electron chi connectivity index (χ3n) is 1.40. The van der Waals surface area contributed by atoms with Crippen LogP contribution in [0.15, 0.2) is 24.8 Å². The second-order valence-corrected chi connectivity index (χ2v) is 3.00. The van der Waals surface area contributed by atoms with E-state index in [1.807, 2.05) is 6.07 Å². The van der Waals surface area contributed by atoms with Crippen molar-refractivity contribution in [1.82, 2.24) is 0 Å². The van der Waals surface area contributed by atoms with E-state index in [9.17, 15) is 0 Å². The van der Waals surface area contributed by atoms with Crippen LogP contribution in [0.5, 0.6) is 0 Å². The molecule has 0 unspecified atom stereocenters. The Morgan fingerprint density at radius 2 is 1.83 bits per heavy atom. The van der Waals surface area contributed by atoms with Crippen LogP contribution in [0.4, 0.5) is 0 Å². The third kappa shape index (κ3) is 1.61. The summed E-state index contributed by atoms with van der Waals surface area (Å²) in [4.78, 5) is 0. The molecule has 0 atom stereocenters. The monoisotopic (exact) mass is 197 g/mol. The SMILES string of the molecule is C=C(C#N)c1c(Cl)cccc1Cl. The number of halogens is 2. The van der Waals surface area contributed by atoms with Crippen LogP contribution in [0.2, 0.25) is 10.0 Å². The van der Waals surface area contributed by atoms with E-state index in [0.29, 0.717) is 15.6 Å². The molecule has 1 nitrogen and oxygen atoms in total. The van der Waals surface area contributed by atoms with Crippen LogP contribution >= 0.6 is 23.2 Å². The first-order valence-electron chi connectivity index (χ1n) is 3.20. The van der Waals surface area contributed by atoms with Crippen LogP contribution in [-0.4, -0.2) is 0 Å². The number of hydrogen-bond acceptors (Lipinski definition) is 1. The largest absolute Gasteiger partial charge is 0.192 e. The topological polar surface area (TPSA) is 23.8 Å². The summed E-state index contributed by atoms with van der Waals surface area (Å²) < 4.78 is 0. The van der Waals surface area contributed by atoms with E-state index < -0.39 is 0 Å². The molecular weight excluding hydrogens is 193 g/mol. The van der Waals surface area contributed by atoms with Crippen LogP contribution in [-0.2, 0) is 0 Å². The summed E-state index contributed by atoms with van der Waals surface area (Å²) in [7, 11) is 0. The molecule has 1 rings (SSSR count). The molecule has 0 aromatic heterocycles. The van der Waals surface area contributed by atoms with Crippen LogP contribution in [0.3, 0.4) is 0 Å². The van der Waals surface area contributed by atoms with Crippen LogP contribution in [0.1, 0.15) is 5.56 Å². The van der Waals surface area contributed by atoms with Gasteiger partial charge in [-0.15, -0.1) is 0 Å². The second kappa shape index (κ2) is 3.62. The number of rotatable bonds is 1. The summed E-state index contributed by atoms with van der Waals surface area (Å²) in [6, 6.07) is 6.96. The van der Waals surface area contributed by atoms with Crippen molar-refractivity contribution in [3.63, 3.8) is 0 Å². The first-order chi connectivity index (χ1) is 5.66. The van der Waals surface area contributed by atoms with Gasteiger partial charge in [-0.3, -0.25) is 0 Å². The summed E-state index contributed by atoms with van der Waals surface area (Å²) in [5.41, 5.74) is 0.800. The Hall–Kier alpha value is -0.970. The molecule has 3 heteroatoms. The van der Waals surface area contributed by atoms with E-state index in [2.05, 4.69) is 6.58 Å². The smallest absolute Gasteiger partial charge is 0.0992 e. The Morgan fingerprint density at radius 3 is 2.25 bits per heavy atom. The van der Waals surface area contributed by atoms with Crippen LogP contribution in [0.25, 0.3) is 5.57 Å². The molecule has 60 valence electrons. The molecule has 12 heavy (non-hydrogen) atoms. The molecule has 0 saturated heterocycles. The quantitative estimate of drug-likeness (QED) is 0.633. The Balaban J connectivity index is 3.33. The van der Waals surface area contributed by atoms with Gasteiger partial charge in [0.1, 0.15) is 0 Å². The Kier molecular flexibility index (Phi) is 2.75. The van der Waals surface area contributed by atoms with Crippen LogP contribution in [0, 0.1) is 11.3 Å². The van der Waals surface area contributed by atoms with E-state index in [4.69, 9.17) is 28.5 Å². The van der Waals surface area contributed by atoms with Gasteiger partial charge in [0.2, 0.25) is 0 Å². The highest BCUT2D eigenvalue weighted by molar-refractivity contribution is 6.37. The average molecular weight is 198 g/mol. The van der Waals surface area contributed by atoms with E-state index in [0.717, 1.165) is 0 Å². The van der Waals surface area contributed by atoms with Gasteiger partial charge in [-0.1, -0.05) is 35.8 Å². The molecule has 1 aromatic carbocycles.